The summed E-state index contributed by atoms with van der Waals surface area (Å²) in [6.45, 7) is 5.27. The highest BCUT2D eigenvalue weighted by molar-refractivity contribution is 5.79. The molecular weight excluding hydrogens is 380 g/mol. The van der Waals surface area contributed by atoms with Gasteiger partial charge in [-0.2, -0.15) is 10.1 Å². The van der Waals surface area contributed by atoms with Crippen LogP contribution < -0.4 is 10.1 Å². The van der Waals surface area contributed by atoms with Gasteiger partial charge in [0.2, 0.25) is 5.95 Å². The standard InChI is InChI=1S/C21H22N8O/c1-12-15-11-23-21-24-17-18(14-6-7-14)29(16-5-3-8-22-13(16)2)27-20(17)30-10-4-9-28(26-12)19(15)25-21/h3,5,8,11,14H,4,6-7,9-10H2,1-2H3,(H,23,24,25). The van der Waals surface area contributed by atoms with E-state index in [1.54, 1.807) is 6.20 Å². The van der Waals surface area contributed by atoms with Crippen LogP contribution in [0.2, 0.25) is 0 Å². The molecule has 5 heterocycles. The predicted octanol–water partition coefficient (Wildman–Crippen LogP) is 3.43. The Kier molecular flexibility index (Phi) is 3.77. The molecule has 0 unspecified atom stereocenters. The fraction of sp³-hybridized carbons (Fsp3) is 0.381. The normalized spacial score (nSPS) is 16.1. The van der Waals surface area contributed by atoms with Crippen LogP contribution in [0.1, 0.15) is 42.3 Å². The Morgan fingerprint density at radius 3 is 2.87 bits per heavy atom. The summed E-state index contributed by atoms with van der Waals surface area (Å²) < 4.78 is 10.1. The van der Waals surface area contributed by atoms with E-state index in [1.165, 1.54) is 0 Å². The Bertz CT molecular complexity index is 1270. The van der Waals surface area contributed by atoms with Gasteiger partial charge in [0.15, 0.2) is 5.65 Å². The highest BCUT2D eigenvalue weighted by Gasteiger charge is 2.35. The van der Waals surface area contributed by atoms with Crippen molar-refractivity contribution in [2.24, 2.45) is 0 Å². The van der Waals surface area contributed by atoms with Crippen molar-refractivity contribution in [3.63, 3.8) is 0 Å². The van der Waals surface area contributed by atoms with Crippen LogP contribution in [0, 0.1) is 13.8 Å². The average molecular weight is 402 g/mol. The van der Waals surface area contributed by atoms with Crippen LogP contribution in [0.25, 0.3) is 16.7 Å². The van der Waals surface area contributed by atoms with E-state index in [2.05, 4.69) is 20.4 Å². The summed E-state index contributed by atoms with van der Waals surface area (Å²) in [5.74, 6) is 1.54. The maximum atomic E-state index is 6.15. The summed E-state index contributed by atoms with van der Waals surface area (Å²) in [5.41, 5.74) is 5.64. The second-order valence-electron chi connectivity index (χ2n) is 7.93. The highest BCUT2D eigenvalue weighted by Crippen LogP contribution is 2.48. The van der Waals surface area contributed by atoms with E-state index >= 15 is 0 Å². The summed E-state index contributed by atoms with van der Waals surface area (Å²) in [7, 11) is 0. The van der Waals surface area contributed by atoms with Crippen LogP contribution in [-0.2, 0) is 6.54 Å². The third-order valence-electron chi connectivity index (χ3n) is 5.72. The number of ether oxygens (including phenoxy) is 1. The first-order valence-corrected chi connectivity index (χ1v) is 10.3. The van der Waals surface area contributed by atoms with E-state index in [0.29, 0.717) is 24.4 Å². The molecule has 1 saturated carbocycles. The molecule has 1 fully saturated rings. The molecule has 0 amide bonds. The first-order chi connectivity index (χ1) is 14.7. The van der Waals surface area contributed by atoms with Gasteiger partial charge in [-0.15, -0.1) is 5.10 Å². The van der Waals surface area contributed by atoms with Gasteiger partial charge in [0, 0.05) is 31.3 Å². The molecule has 152 valence electrons. The zero-order valence-corrected chi connectivity index (χ0v) is 17.0. The van der Waals surface area contributed by atoms with E-state index in [9.17, 15) is 0 Å². The number of fused-ring (bicyclic) bond motifs is 2. The molecule has 9 nitrogen and oxygen atoms in total. The first-order valence-electron chi connectivity index (χ1n) is 10.3. The van der Waals surface area contributed by atoms with Crippen molar-refractivity contribution in [3.8, 4) is 11.6 Å². The van der Waals surface area contributed by atoms with Crippen LogP contribution in [-0.4, -0.2) is 41.1 Å². The van der Waals surface area contributed by atoms with E-state index in [0.717, 1.165) is 65.3 Å². The van der Waals surface area contributed by atoms with Crippen molar-refractivity contribution < 1.29 is 4.74 Å². The number of anilines is 2. The lowest BCUT2D eigenvalue weighted by atomic mass is 10.2. The molecule has 4 aromatic rings. The number of rotatable bonds is 2. The van der Waals surface area contributed by atoms with Crippen molar-refractivity contribution >= 4 is 22.7 Å². The minimum absolute atomic E-state index is 0.429. The first kappa shape index (κ1) is 17.4. The van der Waals surface area contributed by atoms with Crippen LogP contribution in [0.5, 0.6) is 5.88 Å². The van der Waals surface area contributed by atoms with Gasteiger partial charge in [-0.05, 0) is 38.8 Å². The number of pyridine rings is 1. The van der Waals surface area contributed by atoms with Crippen molar-refractivity contribution in [2.45, 2.75) is 45.6 Å². The SMILES string of the molecule is Cc1ncccc1-n1nc2c(c1C1CC1)Nc1ncc3c(C)nn(c3n1)CCCO2. The van der Waals surface area contributed by atoms with Gasteiger partial charge in [-0.1, -0.05) is 0 Å². The lowest BCUT2D eigenvalue weighted by Crippen LogP contribution is -2.08. The summed E-state index contributed by atoms with van der Waals surface area (Å²) in [5, 5.41) is 13.9. The molecule has 6 rings (SSSR count). The third-order valence-corrected chi connectivity index (χ3v) is 5.72. The molecule has 1 N–H and O–H groups in total. The van der Waals surface area contributed by atoms with Crippen LogP contribution in [0.3, 0.4) is 0 Å². The van der Waals surface area contributed by atoms with Crippen molar-refractivity contribution in [3.05, 3.63) is 41.6 Å². The maximum absolute atomic E-state index is 6.15. The second-order valence-corrected chi connectivity index (χ2v) is 7.93. The molecule has 0 saturated heterocycles. The number of nitrogens with one attached hydrogen (secondary N) is 1. The predicted molar refractivity (Wildman–Crippen MR) is 112 cm³/mol. The van der Waals surface area contributed by atoms with E-state index in [4.69, 9.17) is 14.8 Å². The van der Waals surface area contributed by atoms with Crippen molar-refractivity contribution in [2.75, 3.05) is 11.9 Å². The lowest BCUT2D eigenvalue weighted by molar-refractivity contribution is 0.288. The fourth-order valence-corrected chi connectivity index (χ4v) is 4.06. The smallest absolute Gasteiger partial charge is 0.257 e. The molecule has 2 bridgehead atoms. The Morgan fingerprint density at radius 2 is 2.03 bits per heavy atom. The quantitative estimate of drug-likeness (QED) is 0.549. The van der Waals surface area contributed by atoms with Gasteiger partial charge < -0.3 is 10.1 Å². The number of aromatic nitrogens is 7. The van der Waals surface area contributed by atoms with E-state index < -0.39 is 0 Å². The summed E-state index contributed by atoms with van der Waals surface area (Å²) >= 11 is 0. The molecule has 9 heteroatoms. The number of nitrogens with zero attached hydrogens (tertiary/aromatic N) is 7. The van der Waals surface area contributed by atoms with Gasteiger partial charge in [-0.25, -0.2) is 14.3 Å². The molecule has 0 radical (unpaired) electrons. The van der Waals surface area contributed by atoms with Crippen molar-refractivity contribution in [1.29, 1.82) is 0 Å². The zero-order valence-electron chi connectivity index (χ0n) is 17.0. The van der Waals surface area contributed by atoms with E-state index in [1.807, 2.05) is 41.5 Å². The summed E-state index contributed by atoms with van der Waals surface area (Å²) in [4.78, 5) is 13.8. The molecule has 2 aliphatic rings. The molecule has 4 aromatic heterocycles. The number of aryl methyl sites for hydroxylation is 3. The molecular formula is C21H22N8O. The molecule has 1 aliphatic heterocycles. The van der Waals surface area contributed by atoms with Gasteiger partial charge in [-0.3, -0.25) is 4.98 Å². The van der Waals surface area contributed by atoms with E-state index in [-0.39, 0.29) is 0 Å². The molecule has 0 atom stereocenters. The highest BCUT2D eigenvalue weighted by atomic mass is 16.5. The van der Waals surface area contributed by atoms with Crippen molar-refractivity contribution in [1.82, 2.24) is 34.5 Å². The Balaban J connectivity index is 1.53. The monoisotopic (exact) mass is 402 g/mol. The average Bonchev–Trinajstić information content (AvgIpc) is 3.46. The summed E-state index contributed by atoms with van der Waals surface area (Å²) in [6.07, 6.45) is 6.72. The molecule has 1 aliphatic carbocycles. The summed E-state index contributed by atoms with van der Waals surface area (Å²) in [6, 6.07) is 3.98. The fourth-order valence-electron chi connectivity index (χ4n) is 4.06. The molecule has 0 spiro atoms. The third kappa shape index (κ3) is 2.72. The van der Waals surface area contributed by atoms with Gasteiger partial charge in [0.1, 0.15) is 5.69 Å². The second kappa shape index (κ2) is 6.51. The Hall–Kier alpha value is -3.49. The molecule has 0 aromatic carbocycles. The minimum atomic E-state index is 0.429. The van der Waals surface area contributed by atoms with Crippen LogP contribution in [0.15, 0.2) is 24.5 Å². The van der Waals surface area contributed by atoms with Gasteiger partial charge in [0.05, 0.1) is 34.8 Å². The van der Waals surface area contributed by atoms with Crippen LogP contribution in [0.4, 0.5) is 11.6 Å². The zero-order chi connectivity index (χ0) is 20.2. The Morgan fingerprint density at radius 1 is 1.13 bits per heavy atom. The Labute approximate surface area is 173 Å². The van der Waals surface area contributed by atoms with Gasteiger partial charge >= 0.3 is 0 Å². The largest absolute Gasteiger partial charge is 0.475 e. The number of hydrogen-bond acceptors (Lipinski definition) is 7. The van der Waals surface area contributed by atoms with Crippen LogP contribution >= 0.6 is 0 Å². The molecule has 30 heavy (non-hydrogen) atoms. The minimum Gasteiger partial charge on any atom is -0.475 e. The number of hydrogen-bond donors (Lipinski definition) is 1. The maximum Gasteiger partial charge on any atom is 0.257 e. The topological polar surface area (TPSA) is 95.6 Å². The lowest BCUT2D eigenvalue weighted by Gasteiger charge is -2.11. The van der Waals surface area contributed by atoms with Gasteiger partial charge in [0.25, 0.3) is 5.88 Å².